The van der Waals surface area contributed by atoms with E-state index < -0.39 is 23.9 Å². The summed E-state index contributed by atoms with van der Waals surface area (Å²) in [6.45, 7) is 21.0. The number of hydrogen-bond acceptors (Lipinski definition) is 6. The standard InChI is InChI=1S/C48H64O8/c1-33(17-13-19-35(3)21-23-41-37(5)29-39(31-47(41,7)8)55-45(53)27-25-43(49)50)15-11-12-16-34(2)18-14-20-36(4)22-24-42-38(6)30-40(32-48(42,9)10)56-46(54)28-26-44(51)52/h11-24,39-40H,25-32H2,1-10H3,(H,49,50)(H,51,52)/b12-11+,17-13+,18-14+,23-21+,24-22+,33-15+,34-16+,35-19+,36-20+/t39-,40-/m1/s1. The second kappa shape index (κ2) is 22.5. The Morgan fingerprint density at radius 3 is 1.20 bits per heavy atom. The molecule has 0 saturated heterocycles. The molecule has 304 valence electrons. The normalized spacial score (nSPS) is 21.3. The Bertz CT molecular complexity index is 1660. The molecule has 0 radical (unpaired) electrons. The molecule has 8 heteroatoms. The largest absolute Gasteiger partial charge is 0.481 e. The number of allylic oxidation sites excluding steroid dienone is 20. The number of aliphatic carboxylic acids is 2. The first-order valence-corrected chi connectivity index (χ1v) is 19.5. The van der Waals surface area contributed by atoms with E-state index in [-0.39, 0.29) is 48.7 Å². The molecule has 2 aliphatic carbocycles. The van der Waals surface area contributed by atoms with E-state index in [0.29, 0.717) is 25.7 Å². The van der Waals surface area contributed by atoms with Crippen LogP contribution in [0.1, 0.15) is 121 Å². The average molecular weight is 769 g/mol. The minimum absolute atomic E-state index is 0.107. The van der Waals surface area contributed by atoms with Crippen LogP contribution in [0.5, 0.6) is 0 Å². The van der Waals surface area contributed by atoms with Crippen LogP contribution >= 0.6 is 0 Å². The van der Waals surface area contributed by atoms with Crippen molar-refractivity contribution in [2.24, 2.45) is 10.8 Å². The Labute approximate surface area is 335 Å². The molecule has 0 heterocycles. The summed E-state index contributed by atoms with van der Waals surface area (Å²) in [6.07, 6.45) is 30.6. The van der Waals surface area contributed by atoms with E-state index in [0.717, 1.165) is 22.3 Å². The van der Waals surface area contributed by atoms with Crippen LogP contribution in [0.4, 0.5) is 0 Å². The lowest BCUT2D eigenvalue weighted by atomic mass is 9.71. The highest BCUT2D eigenvalue weighted by atomic mass is 16.5. The minimum atomic E-state index is -1.00. The van der Waals surface area contributed by atoms with E-state index in [1.165, 1.54) is 22.3 Å². The van der Waals surface area contributed by atoms with Gasteiger partial charge in [0.1, 0.15) is 12.2 Å². The number of carbonyl (C=O) groups is 4. The molecule has 0 fully saturated rings. The van der Waals surface area contributed by atoms with Crippen LogP contribution in [0.3, 0.4) is 0 Å². The Morgan fingerprint density at radius 2 is 0.875 bits per heavy atom. The summed E-state index contributed by atoms with van der Waals surface area (Å²) in [5.41, 5.74) is 8.92. The maximum atomic E-state index is 12.1. The van der Waals surface area contributed by atoms with Gasteiger partial charge >= 0.3 is 23.9 Å². The summed E-state index contributed by atoms with van der Waals surface area (Å²) in [4.78, 5) is 45.7. The fourth-order valence-electron chi connectivity index (χ4n) is 7.14. The third-order valence-corrected chi connectivity index (χ3v) is 9.90. The van der Waals surface area contributed by atoms with Crippen molar-refractivity contribution in [2.75, 3.05) is 0 Å². The van der Waals surface area contributed by atoms with Gasteiger partial charge < -0.3 is 19.7 Å². The van der Waals surface area contributed by atoms with Crippen molar-refractivity contribution >= 4 is 23.9 Å². The van der Waals surface area contributed by atoms with Gasteiger partial charge in [0.15, 0.2) is 0 Å². The second-order valence-corrected chi connectivity index (χ2v) is 16.4. The Balaban J connectivity index is 1.91. The Kier molecular flexibility index (Phi) is 19.0. The van der Waals surface area contributed by atoms with E-state index in [9.17, 15) is 19.2 Å². The van der Waals surface area contributed by atoms with Crippen molar-refractivity contribution in [1.82, 2.24) is 0 Å². The molecular weight excluding hydrogens is 705 g/mol. The van der Waals surface area contributed by atoms with Gasteiger partial charge in [-0.3, -0.25) is 19.2 Å². The van der Waals surface area contributed by atoms with Gasteiger partial charge in [0, 0.05) is 12.8 Å². The third kappa shape index (κ3) is 17.7. The summed E-state index contributed by atoms with van der Waals surface area (Å²) in [7, 11) is 0. The molecule has 2 rings (SSSR count). The summed E-state index contributed by atoms with van der Waals surface area (Å²) in [6, 6.07) is 0. The molecule has 0 amide bonds. The SMILES string of the molecule is CC1=C(/C=C/C(C)=C/C=C/C(C)=C/C=C/C=C(C)/C=C/C=C(C)/C=C/C2=C(C)C[C@@H](OC(=O)CCC(=O)O)CC2(C)C)C(C)(C)C[C@H](OC(=O)CCC(=O)O)C1. The predicted molar refractivity (Wildman–Crippen MR) is 226 cm³/mol. The molecule has 0 spiro atoms. The summed E-state index contributed by atoms with van der Waals surface area (Å²) < 4.78 is 11.2. The topological polar surface area (TPSA) is 127 Å². The molecule has 2 N–H and O–H groups in total. The monoisotopic (exact) mass is 768 g/mol. The fraction of sp³-hybridized carbons (Fsp3) is 0.458. The molecule has 0 saturated carbocycles. The van der Waals surface area contributed by atoms with Gasteiger partial charge in [-0.05, 0) is 76.4 Å². The van der Waals surface area contributed by atoms with Crippen molar-refractivity contribution in [3.05, 3.63) is 130 Å². The van der Waals surface area contributed by atoms with E-state index in [2.05, 4.69) is 130 Å². The quantitative estimate of drug-likeness (QED) is 0.104. The Hall–Kier alpha value is -4.98. The number of ether oxygens (including phenoxy) is 2. The van der Waals surface area contributed by atoms with Crippen LogP contribution in [0, 0.1) is 10.8 Å². The van der Waals surface area contributed by atoms with Crippen molar-refractivity contribution in [1.29, 1.82) is 0 Å². The first-order valence-electron chi connectivity index (χ1n) is 19.5. The lowest BCUT2D eigenvalue weighted by molar-refractivity contribution is -0.153. The number of rotatable bonds is 18. The number of hydrogen-bond donors (Lipinski definition) is 2. The first-order chi connectivity index (χ1) is 26.2. The zero-order valence-corrected chi connectivity index (χ0v) is 35.2. The van der Waals surface area contributed by atoms with Gasteiger partial charge in [-0.25, -0.2) is 0 Å². The predicted octanol–water partition coefficient (Wildman–Crippen LogP) is 11.4. The minimum Gasteiger partial charge on any atom is -0.481 e. The average Bonchev–Trinajstić information content (AvgIpc) is 3.07. The molecule has 0 unspecified atom stereocenters. The highest BCUT2D eigenvalue weighted by molar-refractivity contribution is 5.77. The molecule has 0 aliphatic heterocycles. The highest BCUT2D eigenvalue weighted by Crippen LogP contribution is 2.43. The van der Waals surface area contributed by atoms with Crippen molar-refractivity contribution in [3.8, 4) is 0 Å². The smallest absolute Gasteiger partial charge is 0.306 e. The van der Waals surface area contributed by atoms with Crippen molar-refractivity contribution in [3.63, 3.8) is 0 Å². The zero-order chi connectivity index (χ0) is 42.1. The highest BCUT2D eigenvalue weighted by Gasteiger charge is 2.35. The van der Waals surface area contributed by atoms with Crippen LogP contribution in [0.15, 0.2) is 130 Å². The molecule has 0 aromatic carbocycles. The van der Waals surface area contributed by atoms with Gasteiger partial charge in [0.25, 0.3) is 0 Å². The molecular formula is C48H64O8. The zero-order valence-electron chi connectivity index (χ0n) is 35.2. The number of esters is 2. The first kappa shape index (κ1) is 47.2. The van der Waals surface area contributed by atoms with Crippen LogP contribution < -0.4 is 0 Å². The van der Waals surface area contributed by atoms with E-state index in [1.54, 1.807) is 0 Å². The summed E-state index contributed by atoms with van der Waals surface area (Å²) in [5, 5.41) is 17.7. The molecule has 56 heavy (non-hydrogen) atoms. The summed E-state index contributed by atoms with van der Waals surface area (Å²) in [5.74, 6) is -2.92. The van der Waals surface area contributed by atoms with Gasteiger partial charge in [-0.1, -0.05) is 146 Å². The molecule has 8 nitrogen and oxygen atoms in total. The fourth-order valence-corrected chi connectivity index (χ4v) is 7.14. The molecule has 2 aliphatic rings. The number of carboxylic acids is 2. The van der Waals surface area contributed by atoms with Gasteiger partial charge in [0.05, 0.1) is 25.7 Å². The van der Waals surface area contributed by atoms with E-state index in [4.69, 9.17) is 19.7 Å². The van der Waals surface area contributed by atoms with Crippen LogP contribution in [0.2, 0.25) is 0 Å². The second-order valence-electron chi connectivity index (χ2n) is 16.4. The molecule has 0 aromatic rings. The lowest BCUT2D eigenvalue weighted by Crippen LogP contribution is -2.32. The number of carbonyl (C=O) groups excluding carboxylic acids is 2. The van der Waals surface area contributed by atoms with Crippen LogP contribution in [-0.2, 0) is 28.7 Å². The third-order valence-electron chi connectivity index (χ3n) is 9.90. The molecule has 2 atom stereocenters. The van der Waals surface area contributed by atoms with Crippen LogP contribution in [-0.4, -0.2) is 46.3 Å². The van der Waals surface area contributed by atoms with Gasteiger partial charge in [-0.2, -0.15) is 0 Å². The summed E-state index contributed by atoms with van der Waals surface area (Å²) >= 11 is 0. The molecule has 0 aromatic heterocycles. The van der Waals surface area contributed by atoms with E-state index >= 15 is 0 Å². The van der Waals surface area contributed by atoms with E-state index in [1.807, 2.05) is 24.3 Å². The maximum Gasteiger partial charge on any atom is 0.306 e. The van der Waals surface area contributed by atoms with Gasteiger partial charge in [-0.15, -0.1) is 0 Å². The van der Waals surface area contributed by atoms with Crippen molar-refractivity contribution < 1.29 is 38.9 Å². The lowest BCUT2D eigenvalue weighted by Gasteiger charge is -2.37. The molecule has 0 bridgehead atoms. The Morgan fingerprint density at radius 1 is 0.554 bits per heavy atom. The van der Waals surface area contributed by atoms with Gasteiger partial charge in [0.2, 0.25) is 0 Å². The van der Waals surface area contributed by atoms with Crippen molar-refractivity contribution in [2.45, 2.75) is 133 Å². The maximum absolute atomic E-state index is 12.1. The van der Waals surface area contributed by atoms with Crippen LogP contribution in [0.25, 0.3) is 0 Å². The number of carboxylic acid groups (broad SMARTS) is 2.